The summed E-state index contributed by atoms with van der Waals surface area (Å²) in [6.45, 7) is 4.13. The van der Waals surface area contributed by atoms with Gasteiger partial charge in [0.15, 0.2) is 5.57 Å². The fourth-order valence-corrected chi connectivity index (χ4v) is 1.52. The van der Waals surface area contributed by atoms with Crippen LogP contribution in [0.3, 0.4) is 0 Å². The van der Waals surface area contributed by atoms with Crippen LogP contribution in [-0.2, 0) is 23.9 Å². The van der Waals surface area contributed by atoms with Gasteiger partial charge in [-0.3, -0.25) is 4.79 Å². The van der Waals surface area contributed by atoms with Gasteiger partial charge < -0.3 is 23.9 Å². The first kappa shape index (κ1) is 14.6. The number of nitrogens with one attached hydrogen (secondary N) is 1. The Morgan fingerprint density at radius 2 is 1.86 bits per heavy atom. The average Bonchev–Trinajstić information content (AvgIpc) is 2.73. The molecule has 0 bridgehead atoms. The molecular formula is C13H13NO7. The smallest absolute Gasteiger partial charge is 0.350 e. The molecule has 1 aliphatic heterocycles. The number of carbonyl (C=O) groups is 3. The molecular weight excluding hydrogens is 282 g/mol. The molecule has 21 heavy (non-hydrogen) atoms. The monoisotopic (exact) mass is 295 g/mol. The van der Waals surface area contributed by atoms with Gasteiger partial charge in [-0.15, -0.1) is 0 Å². The highest BCUT2D eigenvalue weighted by Gasteiger charge is 2.38. The molecule has 1 aromatic heterocycles. The summed E-state index contributed by atoms with van der Waals surface area (Å²) in [5, 5.41) is 2.57. The van der Waals surface area contributed by atoms with Gasteiger partial charge >= 0.3 is 17.9 Å². The minimum Gasteiger partial charge on any atom is -0.419 e. The van der Waals surface area contributed by atoms with Crippen molar-refractivity contribution in [1.82, 2.24) is 0 Å². The molecule has 112 valence electrons. The molecule has 8 nitrogen and oxygen atoms in total. The maximum Gasteiger partial charge on any atom is 0.350 e. The van der Waals surface area contributed by atoms with Crippen LogP contribution >= 0.6 is 0 Å². The zero-order valence-corrected chi connectivity index (χ0v) is 11.6. The third-order valence-corrected chi connectivity index (χ3v) is 2.30. The number of rotatable bonds is 3. The van der Waals surface area contributed by atoms with Crippen LogP contribution in [0.2, 0.25) is 0 Å². The molecule has 1 N–H and O–H groups in total. The summed E-state index contributed by atoms with van der Waals surface area (Å²) in [7, 11) is 0. The SMILES string of the molecule is CC(=O)Oc1ccc(NC=C2C(=O)OC(C)(C)OC2=O)o1. The summed E-state index contributed by atoms with van der Waals surface area (Å²) in [5.74, 6) is -3.29. The zero-order chi connectivity index (χ0) is 15.6. The van der Waals surface area contributed by atoms with Crippen molar-refractivity contribution in [3.63, 3.8) is 0 Å². The van der Waals surface area contributed by atoms with E-state index in [4.69, 9.17) is 18.6 Å². The third kappa shape index (κ3) is 3.62. The lowest BCUT2D eigenvalue weighted by Crippen LogP contribution is -2.42. The quantitative estimate of drug-likeness (QED) is 0.506. The highest BCUT2D eigenvalue weighted by atomic mass is 16.7. The molecule has 0 amide bonds. The number of esters is 3. The minimum atomic E-state index is -1.29. The molecule has 0 saturated carbocycles. The molecule has 0 aliphatic carbocycles. The molecule has 0 spiro atoms. The fourth-order valence-electron chi connectivity index (χ4n) is 1.52. The first-order chi connectivity index (χ1) is 9.77. The van der Waals surface area contributed by atoms with E-state index >= 15 is 0 Å². The lowest BCUT2D eigenvalue weighted by molar-refractivity contribution is -0.222. The summed E-state index contributed by atoms with van der Waals surface area (Å²) >= 11 is 0. The van der Waals surface area contributed by atoms with Gasteiger partial charge in [-0.1, -0.05) is 0 Å². The van der Waals surface area contributed by atoms with Crippen LogP contribution < -0.4 is 10.1 Å². The van der Waals surface area contributed by atoms with Crippen LogP contribution in [0.4, 0.5) is 5.88 Å². The molecule has 0 aromatic carbocycles. The second-order valence-corrected chi connectivity index (χ2v) is 4.59. The lowest BCUT2D eigenvalue weighted by atomic mass is 10.2. The first-order valence-electron chi connectivity index (χ1n) is 5.98. The Morgan fingerprint density at radius 1 is 1.24 bits per heavy atom. The molecule has 0 unspecified atom stereocenters. The van der Waals surface area contributed by atoms with E-state index in [2.05, 4.69) is 5.32 Å². The number of carbonyl (C=O) groups excluding carboxylic acids is 3. The van der Waals surface area contributed by atoms with Gasteiger partial charge in [0.2, 0.25) is 5.88 Å². The van der Waals surface area contributed by atoms with Gasteiger partial charge in [0, 0.05) is 39.1 Å². The van der Waals surface area contributed by atoms with E-state index in [-0.39, 0.29) is 17.4 Å². The standard InChI is InChI=1S/C13H13NO7/c1-7(15)18-10-5-4-9(19-10)14-6-8-11(16)20-13(2,3)21-12(8)17/h4-6,14H,1-3H3. The first-order valence-corrected chi connectivity index (χ1v) is 5.98. The molecule has 0 atom stereocenters. The zero-order valence-electron chi connectivity index (χ0n) is 11.6. The van der Waals surface area contributed by atoms with Crippen LogP contribution in [0.5, 0.6) is 5.95 Å². The number of cyclic esters (lactones) is 2. The Balaban J connectivity index is 2.07. The second kappa shape index (κ2) is 5.31. The van der Waals surface area contributed by atoms with Crippen LogP contribution in [0.15, 0.2) is 28.3 Å². The van der Waals surface area contributed by atoms with E-state index in [1.54, 1.807) is 0 Å². The highest BCUT2D eigenvalue weighted by molar-refractivity contribution is 6.15. The van der Waals surface area contributed by atoms with Crippen molar-refractivity contribution in [3.8, 4) is 5.95 Å². The molecule has 1 saturated heterocycles. The summed E-state index contributed by atoms with van der Waals surface area (Å²) in [5.41, 5.74) is -0.306. The van der Waals surface area contributed by atoms with E-state index < -0.39 is 23.7 Å². The van der Waals surface area contributed by atoms with Crippen LogP contribution in [-0.4, -0.2) is 23.7 Å². The Labute approximate surface area is 119 Å². The van der Waals surface area contributed by atoms with Crippen molar-refractivity contribution >= 4 is 23.8 Å². The lowest BCUT2D eigenvalue weighted by Gasteiger charge is -2.29. The molecule has 1 aliphatic rings. The second-order valence-electron chi connectivity index (χ2n) is 4.59. The van der Waals surface area contributed by atoms with Gasteiger partial charge in [0.1, 0.15) is 0 Å². The molecule has 2 heterocycles. The summed E-state index contributed by atoms with van der Waals surface area (Å²) in [4.78, 5) is 34.1. The number of furan rings is 1. The van der Waals surface area contributed by atoms with Gasteiger partial charge in [-0.05, 0) is 0 Å². The molecule has 0 radical (unpaired) electrons. The van der Waals surface area contributed by atoms with E-state index in [9.17, 15) is 14.4 Å². The molecule has 1 fully saturated rings. The van der Waals surface area contributed by atoms with Crippen molar-refractivity contribution in [2.75, 3.05) is 5.32 Å². The number of ether oxygens (including phenoxy) is 3. The fraction of sp³-hybridized carbons (Fsp3) is 0.308. The van der Waals surface area contributed by atoms with E-state index in [0.717, 1.165) is 6.20 Å². The van der Waals surface area contributed by atoms with E-state index in [0.29, 0.717) is 0 Å². The van der Waals surface area contributed by atoms with Crippen molar-refractivity contribution in [2.45, 2.75) is 26.6 Å². The Morgan fingerprint density at radius 3 is 2.43 bits per heavy atom. The van der Waals surface area contributed by atoms with Crippen molar-refractivity contribution < 1.29 is 33.0 Å². The van der Waals surface area contributed by atoms with Crippen molar-refractivity contribution in [2.24, 2.45) is 0 Å². The number of hydrogen-bond donors (Lipinski definition) is 1. The largest absolute Gasteiger partial charge is 0.419 e. The average molecular weight is 295 g/mol. The Kier molecular flexibility index (Phi) is 3.70. The summed E-state index contributed by atoms with van der Waals surface area (Å²) in [6.07, 6.45) is 1.09. The van der Waals surface area contributed by atoms with Crippen molar-refractivity contribution in [1.29, 1.82) is 0 Å². The van der Waals surface area contributed by atoms with E-state index in [1.165, 1.54) is 32.9 Å². The molecule has 8 heteroatoms. The van der Waals surface area contributed by atoms with E-state index in [1.807, 2.05) is 0 Å². The van der Waals surface area contributed by atoms with Crippen LogP contribution in [0.1, 0.15) is 20.8 Å². The number of anilines is 1. The third-order valence-electron chi connectivity index (χ3n) is 2.30. The predicted octanol–water partition coefficient (Wildman–Crippen LogP) is 1.34. The Hall–Kier alpha value is -2.77. The predicted molar refractivity (Wildman–Crippen MR) is 68.0 cm³/mol. The normalized spacial score (nSPS) is 16.8. The molecule has 1 aromatic rings. The number of hydrogen-bond acceptors (Lipinski definition) is 8. The topological polar surface area (TPSA) is 104 Å². The van der Waals surface area contributed by atoms with Gasteiger partial charge in [0.05, 0.1) is 0 Å². The van der Waals surface area contributed by atoms with Gasteiger partial charge in [0.25, 0.3) is 11.7 Å². The maximum atomic E-state index is 11.7. The van der Waals surface area contributed by atoms with Gasteiger partial charge in [-0.25, -0.2) is 9.59 Å². The van der Waals surface area contributed by atoms with Gasteiger partial charge in [-0.2, -0.15) is 0 Å². The molecule has 2 rings (SSSR count). The minimum absolute atomic E-state index is 0.0154. The Bertz CT molecular complexity index is 604. The van der Waals surface area contributed by atoms with Crippen LogP contribution in [0.25, 0.3) is 0 Å². The maximum absolute atomic E-state index is 11.7. The summed E-state index contributed by atoms with van der Waals surface area (Å²) in [6, 6.07) is 2.86. The van der Waals surface area contributed by atoms with Crippen molar-refractivity contribution in [3.05, 3.63) is 23.9 Å². The van der Waals surface area contributed by atoms with Crippen LogP contribution in [0, 0.1) is 0 Å². The highest BCUT2D eigenvalue weighted by Crippen LogP contribution is 2.24. The summed E-state index contributed by atoms with van der Waals surface area (Å²) < 4.78 is 19.6.